The number of carbonyl (C=O) groups is 1. The van der Waals surface area contributed by atoms with Gasteiger partial charge in [0.15, 0.2) is 17.3 Å². The number of carbonyl (C=O) groups excluding carboxylic acids is 1. The van der Waals surface area contributed by atoms with E-state index in [1.54, 1.807) is 29.9 Å². The molecule has 0 aliphatic carbocycles. The summed E-state index contributed by atoms with van der Waals surface area (Å²) in [5, 5.41) is 11.3. The van der Waals surface area contributed by atoms with Crippen molar-refractivity contribution in [1.29, 1.82) is 0 Å². The quantitative estimate of drug-likeness (QED) is 0.382. The predicted octanol–water partition coefficient (Wildman–Crippen LogP) is 3.85. The summed E-state index contributed by atoms with van der Waals surface area (Å²) in [5.74, 6) is -1.97. The number of hydrogen-bond acceptors (Lipinski definition) is 7. The molecule has 9 nitrogen and oxygen atoms in total. The van der Waals surface area contributed by atoms with Gasteiger partial charge in [-0.2, -0.15) is 5.10 Å². The van der Waals surface area contributed by atoms with Gasteiger partial charge < -0.3 is 14.6 Å². The normalized spacial score (nSPS) is 12.9. The third-order valence-electron chi connectivity index (χ3n) is 5.58. The summed E-state index contributed by atoms with van der Waals surface area (Å²) in [7, 11) is 3.28. The van der Waals surface area contributed by atoms with Crippen molar-refractivity contribution in [2.24, 2.45) is 7.05 Å². The smallest absolute Gasteiger partial charge is 0.273 e. The molecule has 4 aromatic heterocycles. The summed E-state index contributed by atoms with van der Waals surface area (Å²) < 4.78 is 39.5. The van der Waals surface area contributed by atoms with Crippen LogP contribution in [0, 0.1) is 18.6 Å². The Morgan fingerprint density at radius 3 is 2.77 bits per heavy atom. The van der Waals surface area contributed by atoms with Crippen LogP contribution in [-0.4, -0.2) is 44.5 Å². The molecule has 4 heterocycles. The van der Waals surface area contributed by atoms with Crippen LogP contribution in [0.15, 0.2) is 41.1 Å². The Hall–Kier alpha value is -3.86. The fraction of sp³-hybridized carbons (Fsp3) is 0.261. The van der Waals surface area contributed by atoms with Crippen LogP contribution < -0.4 is 10.1 Å². The van der Waals surface area contributed by atoms with Crippen molar-refractivity contribution in [1.82, 2.24) is 30.2 Å². The molecule has 12 heteroatoms. The number of rotatable bonds is 7. The highest BCUT2D eigenvalue weighted by Crippen LogP contribution is 2.39. The molecule has 0 saturated carbocycles. The maximum absolute atomic E-state index is 14.0. The van der Waals surface area contributed by atoms with Crippen LogP contribution in [0.3, 0.4) is 0 Å². The molecule has 4 rings (SSSR count). The molecule has 1 unspecified atom stereocenters. The number of pyridine rings is 2. The third-order valence-corrected chi connectivity index (χ3v) is 5.79. The van der Waals surface area contributed by atoms with E-state index < -0.39 is 23.0 Å². The second-order valence-electron chi connectivity index (χ2n) is 8.01. The number of nitrogens with zero attached hydrogens (tertiary/aromatic N) is 5. The number of hydrogen-bond donors (Lipinski definition) is 1. The van der Waals surface area contributed by atoms with Gasteiger partial charge in [-0.25, -0.2) is 23.4 Å². The van der Waals surface area contributed by atoms with Crippen LogP contribution in [0.1, 0.15) is 34.4 Å². The van der Waals surface area contributed by atoms with Gasteiger partial charge in [0.25, 0.3) is 5.91 Å². The molecule has 1 atom stereocenters. The van der Waals surface area contributed by atoms with Crippen LogP contribution in [-0.2, 0) is 12.5 Å². The second kappa shape index (κ2) is 9.41. The van der Waals surface area contributed by atoms with Crippen LogP contribution in [0.25, 0.3) is 11.5 Å². The summed E-state index contributed by atoms with van der Waals surface area (Å²) in [4.78, 5) is 21.1. The van der Waals surface area contributed by atoms with Gasteiger partial charge in [-0.3, -0.25) is 4.79 Å². The van der Waals surface area contributed by atoms with Gasteiger partial charge in [-0.1, -0.05) is 22.8 Å². The van der Waals surface area contributed by atoms with E-state index >= 15 is 0 Å². The molecule has 0 bridgehead atoms. The van der Waals surface area contributed by atoms with E-state index in [0.717, 1.165) is 11.8 Å². The van der Waals surface area contributed by atoms with Crippen LogP contribution in [0.4, 0.5) is 8.78 Å². The zero-order valence-corrected chi connectivity index (χ0v) is 20.0. The summed E-state index contributed by atoms with van der Waals surface area (Å²) >= 11 is 6.17. The van der Waals surface area contributed by atoms with Gasteiger partial charge >= 0.3 is 0 Å². The lowest BCUT2D eigenvalue weighted by atomic mass is 9.78. The van der Waals surface area contributed by atoms with E-state index in [4.69, 9.17) is 20.9 Å². The molecule has 0 radical (unpaired) electrons. The lowest BCUT2D eigenvalue weighted by molar-refractivity contribution is 0.0937. The summed E-state index contributed by atoms with van der Waals surface area (Å²) in [5.41, 5.74) is 0.712. The molecule has 0 saturated heterocycles. The molecule has 4 aromatic rings. The first-order valence-electron chi connectivity index (χ1n) is 10.4. The number of methoxy groups -OCH3 is 1. The molecule has 35 heavy (non-hydrogen) atoms. The first-order chi connectivity index (χ1) is 16.6. The minimum absolute atomic E-state index is 0.0629. The zero-order chi connectivity index (χ0) is 25.3. The van der Waals surface area contributed by atoms with E-state index in [2.05, 4.69) is 25.5 Å². The van der Waals surface area contributed by atoms with Gasteiger partial charge in [0.2, 0.25) is 5.88 Å². The van der Waals surface area contributed by atoms with Crippen LogP contribution in [0.5, 0.6) is 5.88 Å². The maximum atomic E-state index is 14.0. The minimum Gasteiger partial charge on any atom is -0.481 e. The largest absolute Gasteiger partial charge is 0.481 e. The molecular weight excluding hydrogens is 482 g/mol. The van der Waals surface area contributed by atoms with Crippen molar-refractivity contribution in [2.45, 2.75) is 19.3 Å². The average Bonchev–Trinajstić information content (AvgIpc) is 3.41. The Morgan fingerprint density at radius 2 is 2.09 bits per heavy atom. The van der Waals surface area contributed by atoms with E-state index in [1.165, 1.54) is 13.2 Å². The Labute approximate surface area is 204 Å². The molecule has 0 aliphatic heterocycles. The van der Waals surface area contributed by atoms with E-state index in [0.29, 0.717) is 23.3 Å². The van der Waals surface area contributed by atoms with Gasteiger partial charge in [0, 0.05) is 25.7 Å². The number of ether oxygens (including phenoxy) is 1. The van der Waals surface area contributed by atoms with Crippen molar-refractivity contribution < 1.29 is 22.8 Å². The van der Waals surface area contributed by atoms with Crippen molar-refractivity contribution >= 4 is 17.5 Å². The van der Waals surface area contributed by atoms with Crippen LogP contribution >= 0.6 is 11.6 Å². The Kier molecular flexibility index (Phi) is 6.53. The highest BCUT2D eigenvalue weighted by molar-refractivity contribution is 6.29. The zero-order valence-electron chi connectivity index (χ0n) is 19.3. The summed E-state index contributed by atoms with van der Waals surface area (Å²) in [6.45, 7) is 3.77. The highest BCUT2D eigenvalue weighted by Gasteiger charge is 2.38. The summed E-state index contributed by atoms with van der Waals surface area (Å²) in [6, 6.07) is 7.09. The van der Waals surface area contributed by atoms with Crippen LogP contribution in [0.2, 0.25) is 5.15 Å². The lowest BCUT2D eigenvalue weighted by Gasteiger charge is -2.30. The molecule has 1 N–H and O–H groups in total. The number of aromatic nitrogens is 5. The number of amides is 1. The van der Waals surface area contributed by atoms with E-state index in [9.17, 15) is 13.6 Å². The standard InChI is InChI=1S/C23H21ClF2N6O3/c1-12-19(22(34-4)32(3)30-12)23(2,17-6-5-7-18(24)29-17)11-28-21(33)15-9-16(35-31-15)20-14(26)8-13(25)10-27-20/h5-10H,11H2,1-4H3,(H,28,33). The average molecular weight is 503 g/mol. The fourth-order valence-corrected chi connectivity index (χ4v) is 4.13. The Morgan fingerprint density at radius 1 is 1.31 bits per heavy atom. The number of nitrogens with one attached hydrogen (secondary N) is 1. The topological polar surface area (TPSA) is 108 Å². The van der Waals surface area contributed by atoms with Gasteiger partial charge in [0.05, 0.1) is 35.7 Å². The third kappa shape index (κ3) is 4.59. The second-order valence-corrected chi connectivity index (χ2v) is 8.40. The Bertz CT molecular complexity index is 1410. The molecule has 0 spiro atoms. The highest BCUT2D eigenvalue weighted by atomic mass is 35.5. The number of aryl methyl sites for hydroxylation is 2. The lowest BCUT2D eigenvalue weighted by Crippen LogP contribution is -2.41. The van der Waals surface area contributed by atoms with Crippen molar-refractivity contribution in [3.05, 3.63) is 76.0 Å². The monoisotopic (exact) mass is 502 g/mol. The van der Waals surface area contributed by atoms with Gasteiger partial charge in [-0.15, -0.1) is 0 Å². The molecular formula is C23H21ClF2N6O3. The number of halogens is 3. The van der Waals surface area contributed by atoms with E-state index in [-0.39, 0.29) is 28.8 Å². The fourth-order valence-electron chi connectivity index (χ4n) is 3.97. The molecule has 0 fully saturated rings. The van der Waals surface area contributed by atoms with Gasteiger partial charge in [-0.05, 0) is 26.0 Å². The SMILES string of the molecule is COc1c(C(C)(CNC(=O)c2cc(-c3ncc(F)cc3F)on2)c2cccc(Cl)n2)c(C)nn1C. The first kappa shape index (κ1) is 24.3. The molecule has 1 amide bonds. The molecule has 182 valence electrons. The van der Waals surface area contributed by atoms with Crippen molar-refractivity contribution in [3.8, 4) is 17.3 Å². The van der Waals surface area contributed by atoms with E-state index in [1.807, 2.05) is 13.8 Å². The molecule has 0 aromatic carbocycles. The predicted molar refractivity (Wildman–Crippen MR) is 122 cm³/mol. The Balaban J connectivity index is 1.66. The minimum atomic E-state index is -0.938. The molecule has 0 aliphatic rings. The van der Waals surface area contributed by atoms with Gasteiger partial charge in [0.1, 0.15) is 16.7 Å². The summed E-state index contributed by atoms with van der Waals surface area (Å²) in [6.07, 6.45) is 0.841. The first-order valence-corrected chi connectivity index (χ1v) is 10.8. The maximum Gasteiger partial charge on any atom is 0.273 e. The van der Waals surface area contributed by atoms with Crippen molar-refractivity contribution in [3.63, 3.8) is 0 Å². The van der Waals surface area contributed by atoms with Crippen molar-refractivity contribution in [2.75, 3.05) is 13.7 Å².